The van der Waals surface area contributed by atoms with Crippen LogP contribution in [0, 0.1) is 5.41 Å². The van der Waals surface area contributed by atoms with Crippen LogP contribution in [0.25, 0.3) is 22.3 Å². The Balaban J connectivity index is 1.35. The Morgan fingerprint density at radius 3 is 1.86 bits per heavy atom. The van der Waals surface area contributed by atoms with E-state index in [1.807, 2.05) is 78.9 Å². The Morgan fingerprint density at radius 2 is 1.22 bits per heavy atom. The number of nitrogens with two attached hydrogens (primary N) is 1. The van der Waals surface area contributed by atoms with Crippen molar-refractivity contribution in [3.63, 3.8) is 0 Å². The molecule has 4 aromatic rings. The Hall–Kier alpha value is -3.94. The van der Waals surface area contributed by atoms with Crippen molar-refractivity contribution >= 4 is 21.5 Å². The summed E-state index contributed by atoms with van der Waals surface area (Å²) in [6, 6.07) is 32.9. The lowest BCUT2D eigenvalue weighted by Crippen LogP contribution is -2.48. The molecule has 182 valence electrons. The number of benzene rings is 4. The first-order valence-corrected chi connectivity index (χ1v) is 13.3. The topological polar surface area (TPSA) is 90.5 Å². The molecule has 4 aromatic carbocycles. The second-order valence-corrected chi connectivity index (χ2v) is 10.7. The Kier molecular flexibility index (Phi) is 6.59. The SMILES string of the molecule is N=C(N)c1ccc(N2CCN(S(=O)(=O)c3ccccc3-c3ccc(-c4ccccc4)cc3)CC2)cc1. The summed E-state index contributed by atoms with van der Waals surface area (Å²) in [4.78, 5) is 2.49. The van der Waals surface area contributed by atoms with Gasteiger partial charge in [0.05, 0.1) is 4.90 Å². The first-order valence-electron chi connectivity index (χ1n) is 11.9. The Bertz CT molecular complexity index is 1460. The van der Waals surface area contributed by atoms with Gasteiger partial charge >= 0.3 is 0 Å². The van der Waals surface area contributed by atoms with Crippen molar-refractivity contribution in [3.8, 4) is 22.3 Å². The first kappa shape index (κ1) is 23.8. The van der Waals surface area contributed by atoms with E-state index in [4.69, 9.17) is 11.1 Å². The molecule has 1 aliphatic heterocycles. The third-order valence-electron chi connectivity index (χ3n) is 6.59. The van der Waals surface area contributed by atoms with Gasteiger partial charge in [-0.25, -0.2) is 8.42 Å². The van der Waals surface area contributed by atoms with Crippen molar-refractivity contribution in [2.45, 2.75) is 4.90 Å². The minimum atomic E-state index is -3.66. The van der Waals surface area contributed by atoms with Gasteiger partial charge in [-0.05, 0) is 47.0 Å². The van der Waals surface area contributed by atoms with E-state index in [9.17, 15) is 8.42 Å². The average Bonchev–Trinajstić information content (AvgIpc) is 2.94. The summed E-state index contributed by atoms with van der Waals surface area (Å²) < 4.78 is 29.0. The zero-order chi connectivity index (χ0) is 25.1. The lowest BCUT2D eigenvalue weighted by Gasteiger charge is -2.35. The molecule has 0 spiro atoms. The summed E-state index contributed by atoms with van der Waals surface area (Å²) in [5.74, 6) is 0.0332. The molecule has 0 radical (unpaired) electrons. The van der Waals surface area contributed by atoms with Gasteiger partial charge < -0.3 is 10.6 Å². The third-order valence-corrected chi connectivity index (χ3v) is 8.55. The summed E-state index contributed by atoms with van der Waals surface area (Å²) in [6.45, 7) is 1.98. The maximum atomic E-state index is 13.7. The van der Waals surface area contributed by atoms with E-state index in [1.54, 1.807) is 16.4 Å². The standard InChI is InChI=1S/C29H28N4O2S/c30-29(31)25-14-16-26(17-15-25)32-18-20-33(21-19-32)36(34,35)28-9-5-4-8-27(28)24-12-10-23(11-13-24)22-6-2-1-3-7-22/h1-17H,18-21H2,(H3,30,31). The van der Waals surface area contributed by atoms with E-state index < -0.39 is 10.0 Å². The maximum Gasteiger partial charge on any atom is 0.243 e. The minimum absolute atomic E-state index is 0.0332. The molecule has 1 saturated heterocycles. The van der Waals surface area contributed by atoms with E-state index in [1.165, 1.54) is 0 Å². The van der Waals surface area contributed by atoms with Crippen molar-refractivity contribution in [1.82, 2.24) is 4.31 Å². The second-order valence-electron chi connectivity index (χ2n) is 8.79. The molecule has 0 atom stereocenters. The van der Waals surface area contributed by atoms with Crippen LogP contribution < -0.4 is 10.6 Å². The molecule has 0 bridgehead atoms. The highest BCUT2D eigenvalue weighted by Crippen LogP contribution is 2.32. The highest BCUT2D eigenvalue weighted by atomic mass is 32.2. The van der Waals surface area contributed by atoms with Gasteiger partial charge in [-0.2, -0.15) is 4.31 Å². The fraction of sp³-hybridized carbons (Fsp3) is 0.138. The first-order chi connectivity index (χ1) is 17.4. The zero-order valence-corrected chi connectivity index (χ0v) is 20.7. The number of rotatable bonds is 6. The van der Waals surface area contributed by atoms with E-state index >= 15 is 0 Å². The van der Waals surface area contributed by atoms with Gasteiger partial charge in [0.2, 0.25) is 10.0 Å². The Morgan fingerprint density at radius 1 is 0.667 bits per heavy atom. The van der Waals surface area contributed by atoms with Crippen LogP contribution in [0.3, 0.4) is 0 Å². The van der Waals surface area contributed by atoms with Gasteiger partial charge in [0.15, 0.2) is 0 Å². The van der Waals surface area contributed by atoms with Crippen LogP contribution in [0.5, 0.6) is 0 Å². The number of nitrogens with zero attached hydrogens (tertiary/aromatic N) is 2. The molecule has 0 aliphatic carbocycles. The number of anilines is 1. The van der Waals surface area contributed by atoms with E-state index in [0.29, 0.717) is 42.2 Å². The molecule has 1 heterocycles. The highest BCUT2D eigenvalue weighted by Gasteiger charge is 2.30. The predicted molar refractivity (Wildman–Crippen MR) is 146 cm³/mol. The molecule has 6 nitrogen and oxygen atoms in total. The summed E-state index contributed by atoms with van der Waals surface area (Å²) in [7, 11) is -3.66. The van der Waals surface area contributed by atoms with Crippen molar-refractivity contribution in [3.05, 3.63) is 109 Å². The third kappa shape index (κ3) is 4.76. The van der Waals surface area contributed by atoms with Gasteiger partial charge in [-0.3, -0.25) is 5.41 Å². The van der Waals surface area contributed by atoms with Crippen molar-refractivity contribution in [2.75, 3.05) is 31.1 Å². The van der Waals surface area contributed by atoms with Crippen molar-refractivity contribution in [2.24, 2.45) is 5.73 Å². The van der Waals surface area contributed by atoms with E-state index in [0.717, 1.165) is 22.4 Å². The number of sulfonamides is 1. The van der Waals surface area contributed by atoms with Crippen LogP contribution in [-0.4, -0.2) is 44.7 Å². The molecule has 5 rings (SSSR count). The van der Waals surface area contributed by atoms with Gasteiger partial charge in [-0.1, -0.05) is 72.8 Å². The summed E-state index contributed by atoms with van der Waals surface area (Å²) in [5, 5.41) is 7.55. The summed E-state index contributed by atoms with van der Waals surface area (Å²) in [6.07, 6.45) is 0. The lowest BCUT2D eigenvalue weighted by atomic mass is 10.0. The average molecular weight is 497 g/mol. The largest absolute Gasteiger partial charge is 0.384 e. The van der Waals surface area contributed by atoms with Gasteiger partial charge in [0, 0.05) is 43.0 Å². The van der Waals surface area contributed by atoms with Crippen LogP contribution in [-0.2, 0) is 10.0 Å². The highest BCUT2D eigenvalue weighted by molar-refractivity contribution is 7.89. The lowest BCUT2D eigenvalue weighted by molar-refractivity contribution is 0.385. The van der Waals surface area contributed by atoms with Gasteiger partial charge in [0.25, 0.3) is 0 Å². The number of nitrogen functional groups attached to an aromatic ring is 1. The fourth-order valence-electron chi connectivity index (χ4n) is 4.58. The molecular formula is C29H28N4O2S. The number of piperazine rings is 1. The number of nitrogens with one attached hydrogen (secondary N) is 1. The van der Waals surface area contributed by atoms with Crippen LogP contribution in [0.4, 0.5) is 5.69 Å². The second kappa shape index (κ2) is 9.97. The maximum absolute atomic E-state index is 13.7. The molecular weight excluding hydrogens is 468 g/mol. The number of hydrogen-bond acceptors (Lipinski definition) is 4. The molecule has 7 heteroatoms. The molecule has 36 heavy (non-hydrogen) atoms. The molecule has 0 unspecified atom stereocenters. The minimum Gasteiger partial charge on any atom is -0.384 e. The molecule has 0 aromatic heterocycles. The van der Waals surface area contributed by atoms with Crippen LogP contribution in [0.15, 0.2) is 108 Å². The Labute approximate surface area is 212 Å². The summed E-state index contributed by atoms with van der Waals surface area (Å²) >= 11 is 0. The molecule has 0 amide bonds. The molecule has 1 fully saturated rings. The smallest absolute Gasteiger partial charge is 0.243 e. The van der Waals surface area contributed by atoms with E-state index in [-0.39, 0.29) is 5.84 Å². The van der Waals surface area contributed by atoms with Crippen molar-refractivity contribution in [1.29, 1.82) is 5.41 Å². The van der Waals surface area contributed by atoms with Crippen LogP contribution >= 0.6 is 0 Å². The monoisotopic (exact) mass is 496 g/mol. The fourth-order valence-corrected chi connectivity index (χ4v) is 6.22. The molecule has 3 N–H and O–H groups in total. The van der Waals surface area contributed by atoms with Crippen LogP contribution in [0.2, 0.25) is 0 Å². The van der Waals surface area contributed by atoms with E-state index in [2.05, 4.69) is 17.0 Å². The molecule has 1 aliphatic rings. The quantitative estimate of drug-likeness (QED) is 0.296. The van der Waals surface area contributed by atoms with Gasteiger partial charge in [-0.15, -0.1) is 0 Å². The number of hydrogen-bond donors (Lipinski definition) is 2. The zero-order valence-electron chi connectivity index (χ0n) is 19.8. The normalized spacial score (nSPS) is 14.5. The molecule has 0 saturated carbocycles. The predicted octanol–water partition coefficient (Wildman–Crippen LogP) is 4.82. The summed E-state index contributed by atoms with van der Waals surface area (Å²) in [5.41, 5.74) is 11.0. The van der Waals surface area contributed by atoms with Crippen LogP contribution in [0.1, 0.15) is 5.56 Å². The number of amidine groups is 1. The van der Waals surface area contributed by atoms with Crippen molar-refractivity contribution < 1.29 is 8.42 Å². The van der Waals surface area contributed by atoms with Gasteiger partial charge in [0.1, 0.15) is 5.84 Å².